The van der Waals surface area contributed by atoms with Gasteiger partial charge < -0.3 is 15.4 Å². The van der Waals surface area contributed by atoms with E-state index in [1.165, 1.54) is 0 Å². The van der Waals surface area contributed by atoms with Crippen molar-refractivity contribution in [2.75, 3.05) is 32.0 Å². The maximum atomic E-state index is 12.0. The van der Waals surface area contributed by atoms with Gasteiger partial charge in [0.1, 0.15) is 0 Å². The monoisotopic (exact) mass is 314 g/mol. The highest BCUT2D eigenvalue weighted by Gasteiger charge is 2.23. The molecule has 0 radical (unpaired) electrons. The standard InChI is InChI=1S/C16H26N2O2.ClH/c1-5-18(6-2)11-16(3,4)12-20-15(19)13-7-9-14(17)10-8-13;/h7-10H,5-6,11-12,17H2,1-4H3;1H. The summed E-state index contributed by atoms with van der Waals surface area (Å²) in [5.74, 6) is -0.294. The first-order chi connectivity index (χ1) is 9.38. The molecule has 1 rings (SSSR count). The highest BCUT2D eigenvalue weighted by atomic mass is 35.5. The van der Waals surface area contributed by atoms with Crippen molar-refractivity contribution in [3.05, 3.63) is 29.8 Å². The molecule has 0 bridgehead atoms. The summed E-state index contributed by atoms with van der Waals surface area (Å²) in [6.07, 6.45) is 0. The van der Waals surface area contributed by atoms with E-state index in [1.807, 2.05) is 0 Å². The largest absolute Gasteiger partial charge is 0.461 e. The zero-order chi connectivity index (χ0) is 15.2. The molecular weight excluding hydrogens is 288 g/mol. The van der Waals surface area contributed by atoms with Crippen molar-refractivity contribution in [1.82, 2.24) is 4.90 Å². The van der Waals surface area contributed by atoms with Gasteiger partial charge in [0.25, 0.3) is 0 Å². The SMILES string of the molecule is CCN(CC)CC(C)(C)COC(=O)c1ccc(N)cc1.Cl. The molecule has 120 valence electrons. The third kappa shape index (κ3) is 6.82. The van der Waals surface area contributed by atoms with Gasteiger partial charge >= 0.3 is 5.97 Å². The van der Waals surface area contributed by atoms with E-state index < -0.39 is 0 Å². The quantitative estimate of drug-likeness (QED) is 0.620. The number of rotatable bonds is 7. The van der Waals surface area contributed by atoms with Crippen LogP contribution < -0.4 is 5.73 Å². The van der Waals surface area contributed by atoms with Gasteiger partial charge in [-0.1, -0.05) is 27.7 Å². The van der Waals surface area contributed by atoms with Gasteiger partial charge in [-0.05, 0) is 37.4 Å². The zero-order valence-electron chi connectivity index (χ0n) is 13.4. The molecule has 0 heterocycles. The fourth-order valence-corrected chi connectivity index (χ4v) is 2.06. The summed E-state index contributed by atoms with van der Waals surface area (Å²) in [7, 11) is 0. The minimum atomic E-state index is -0.294. The third-order valence-electron chi connectivity index (χ3n) is 3.29. The van der Waals surface area contributed by atoms with Gasteiger partial charge in [-0.2, -0.15) is 0 Å². The van der Waals surface area contributed by atoms with E-state index in [9.17, 15) is 4.79 Å². The van der Waals surface area contributed by atoms with Crippen molar-refractivity contribution in [2.45, 2.75) is 27.7 Å². The molecule has 0 aliphatic rings. The maximum Gasteiger partial charge on any atom is 0.338 e. The van der Waals surface area contributed by atoms with Crippen LogP contribution in [0.4, 0.5) is 5.69 Å². The molecule has 0 aliphatic carbocycles. The summed E-state index contributed by atoms with van der Waals surface area (Å²) in [6.45, 7) is 11.8. The van der Waals surface area contributed by atoms with Gasteiger partial charge in [0, 0.05) is 17.6 Å². The van der Waals surface area contributed by atoms with Crippen LogP contribution in [0.15, 0.2) is 24.3 Å². The molecule has 4 nitrogen and oxygen atoms in total. The van der Waals surface area contributed by atoms with Crippen molar-refractivity contribution in [2.24, 2.45) is 5.41 Å². The van der Waals surface area contributed by atoms with E-state index in [0.29, 0.717) is 17.9 Å². The smallest absolute Gasteiger partial charge is 0.338 e. The first-order valence-corrected chi connectivity index (χ1v) is 7.13. The number of ether oxygens (including phenoxy) is 1. The maximum absolute atomic E-state index is 12.0. The first-order valence-electron chi connectivity index (χ1n) is 7.13. The lowest BCUT2D eigenvalue weighted by molar-refractivity contribution is 0.0274. The number of carbonyl (C=O) groups excluding carboxylic acids is 1. The first kappa shape index (κ1) is 19.7. The minimum Gasteiger partial charge on any atom is -0.461 e. The van der Waals surface area contributed by atoms with E-state index >= 15 is 0 Å². The molecule has 1 aromatic rings. The van der Waals surface area contributed by atoms with Crippen LogP contribution in [0.25, 0.3) is 0 Å². The number of carbonyl (C=O) groups is 1. The van der Waals surface area contributed by atoms with E-state index in [2.05, 4.69) is 32.6 Å². The molecule has 0 amide bonds. The summed E-state index contributed by atoms with van der Waals surface area (Å²) in [4.78, 5) is 14.3. The summed E-state index contributed by atoms with van der Waals surface area (Å²) in [5, 5.41) is 0. The van der Waals surface area contributed by atoms with Crippen molar-refractivity contribution < 1.29 is 9.53 Å². The van der Waals surface area contributed by atoms with Gasteiger partial charge in [-0.3, -0.25) is 0 Å². The minimum absolute atomic E-state index is 0. The average Bonchev–Trinajstić information content (AvgIpc) is 2.43. The summed E-state index contributed by atoms with van der Waals surface area (Å²) in [6, 6.07) is 6.79. The van der Waals surface area contributed by atoms with Crippen LogP contribution >= 0.6 is 12.4 Å². The molecule has 0 unspecified atom stereocenters. The highest BCUT2D eigenvalue weighted by Crippen LogP contribution is 2.18. The fraction of sp³-hybridized carbons (Fsp3) is 0.562. The van der Waals surface area contributed by atoms with E-state index in [4.69, 9.17) is 10.5 Å². The van der Waals surface area contributed by atoms with Gasteiger partial charge in [0.15, 0.2) is 0 Å². The number of nitrogens with zero attached hydrogens (tertiary/aromatic N) is 1. The van der Waals surface area contributed by atoms with Crippen molar-refractivity contribution in [1.29, 1.82) is 0 Å². The van der Waals surface area contributed by atoms with Crippen LogP contribution in [-0.4, -0.2) is 37.1 Å². The molecule has 1 aromatic carbocycles. The van der Waals surface area contributed by atoms with Gasteiger partial charge in [0.2, 0.25) is 0 Å². The van der Waals surface area contributed by atoms with Crippen molar-refractivity contribution >= 4 is 24.1 Å². The lowest BCUT2D eigenvalue weighted by Crippen LogP contribution is -2.37. The van der Waals surface area contributed by atoms with E-state index in [-0.39, 0.29) is 23.8 Å². The molecule has 0 aliphatic heterocycles. The van der Waals surface area contributed by atoms with Crippen LogP contribution in [0.5, 0.6) is 0 Å². The van der Waals surface area contributed by atoms with Gasteiger partial charge in [-0.25, -0.2) is 4.79 Å². The summed E-state index contributed by atoms with van der Waals surface area (Å²) >= 11 is 0. The molecule has 0 aromatic heterocycles. The number of esters is 1. The van der Waals surface area contributed by atoms with Crippen LogP contribution in [0.3, 0.4) is 0 Å². The Morgan fingerprint density at radius 2 is 1.71 bits per heavy atom. The normalized spacial score (nSPS) is 11.1. The molecular formula is C16H27ClN2O2. The molecule has 2 N–H and O–H groups in total. The number of nitrogen functional groups attached to an aromatic ring is 1. The second-order valence-electron chi connectivity index (χ2n) is 5.82. The number of benzene rings is 1. The van der Waals surface area contributed by atoms with Crippen LogP contribution in [0.2, 0.25) is 0 Å². The number of nitrogens with two attached hydrogens (primary N) is 1. The molecule has 0 spiro atoms. The van der Waals surface area contributed by atoms with Crippen LogP contribution in [0, 0.1) is 5.41 Å². The lowest BCUT2D eigenvalue weighted by Gasteiger charge is -2.30. The predicted octanol–water partition coefficient (Wildman–Crippen LogP) is 3.22. The fourth-order valence-electron chi connectivity index (χ4n) is 2.06. The topological polar surface area (TPSA) is 55.6 Å². The second kappa shape index (κ2) is 8.90. The van der Waals surface area contributed by atoms with Crippen LogP contribution in [-0.2, 0) is 4.74 Å². The Morgan fingerprint density at radius 1 is 1.19 bits per heavy atom. The average molecular weight is 315 g/mol. The Labute approximate surface area is 134 Å². The van der Waals surface area contributed by atoms with Crippen molar-refractivity contribution in [3.8, 4) is 0 Å². The van der Waals surface area contributed by atoms with Gasteiger partial charge in [-0.15, -0.1) is 12.4 Å². The number of hydrogen-bond donors (Lipinski definition) is 1. The Hall–Kier alpha value is -1.26. The number of halogens is 1. The van der Waals surface area contributed by atoms with Crippen molar-refractivity contribution in [3.63, 3.8) is 0 Å². The number of hydrogen-bond acceptors (Lipinski definition) is 4. The lowest BCUT2D eigenvalue weighted by atomic mass is 9.94. The molecule has 0 atom stereocenters. The van der Waals surface area contributed by atoms with Crippen LogP contribution in [0.1, 0.15) is 38.1 Å². The molecule has 5 heteroatoms. The summed E-state index contributed by atoms with van der Waals surface area (Å²) < 4.78 is 5.42. The Kier molecular flexibility index (Phi) is 8.37. The highest BCUT2D eigenvalue weighted by molar-refractivity contribution is 5.89. The molecule has 0 saturated carbocycles. The zero-order valence-corrected chi connectivity index (χ0v) is 14.2. The molecule has 21 heavy (non-hydrogen) atoms. The second-order valence-corrected chi connectivity index (χ2v) is 5.82. The summed E-state index contributed by atoms with van der Waals surface area (Å²) in [5.41, 5.74) is 6.72. The predicted molar refractivity (Wildman–Crippen MR) is 90.0 cm³/mol. The van der Waals surface area contributed by atoms with E-state index in [0.717, 1.165) is 19.6 Å². The third-order valence-corrected chi connectivity index (χ3v) is 3.29. The number of anilines is 1. The Morgan fingerprint density at radius 3 is 2.19 bits per heavy atom. The van der Waals surface area contributed by atoms with E-state index in [1.54, 1.807) is 24.3 Å². The molecule has 0 fully saturated rings. The molecule has 0 saturated heterocycles. The Balaban J connectivity index is 0.00000400. The van der Waals surface area contributed by atoms with Gasteiger partial charge in [0.05, 0.1) is 12.2 Å². The Bertz CT molecular complexity index is 428.